The Balaban J connectivity index is 2.40. The van der Waals surface area contributed by atoms with Crippen molar-refractivity contribution in [3.8, 4) is 0 Å². The summed E-state index contributed by atoms with van der Waals surface area (Å²) >= 11 is 0. The quantitative estimate of drug-likeness (QED) is 0.750. The number of aryl methyl sites for hydroxylation is 3. The third-order valence-corrected chi connectivity index (χ3v) is 2.42. The molecule has 1 unspecified atom stereocenters. The van der Waals surface area contributed by atoms with Gasteiger partial charge in [-0.3, -0.25) is 9.48 Å². The summed E-state index contributed by atoms with van der Waals surface area (Å²) in [6.07, 6.45) is 3.04. The molecule has 0 radical (unpaired) electrons. The fourth-order valence-electron chi connectivity index (χ4n) is 1.53. The molecule has 1 amide bonds. The van der Waals surface area contributed by atoms with Crippen molar-refractivity contribution in [3.63, 3.8) is 0 Å². The lowest BCUT2D eigenvalue weighted by atomic mass is 10.1. The summed E-state index contributed by atoms with van der Waals surface area (Å²) < 4.78 is 1.75. The molecule has 16 heavy (non-hydrogen) atoms. The van der Waals surface area contributed by atoms with E-state index in [9.17, 15) is 4.79 Å². The lowest BCUT2D eigenvalue weighted by Gasteiger charge is -2.10. The van der Waals surface area contributed by atoms with Gasteiger partial charge >= 0.3 is 0 Å². The van der Waals surface area contributed by atoms with Crippen LogP contribution in [0.5, 0.6) is 0 Å². The average Bonchev–Trinajstić information content (AvgIpc) is 2.54. The SMILES string of the molecule is Cc1nn(C)cc1CCC(=O)NC(C)CO. The number of nitrogens with zero attached hydrogens (tertiary/aromatic N) is 2. The highest BCUT2D eigenvalue weighted by Gasteiger charge is 2.08. The summed E-state index contributed by atoms with van der Waals surface area (Å²) in [6, 6.07) is -0.178. The van der Waals surface area contributed by atoms with E-state index >= 15 is 0 Å². The van der Waals surface area contributed by atoms with E-state index in [1.807, 2.05) is 20.2 Å². The Labute approximate surface area is 95.5 Å². The van der Waals surface area contributed by atoms with Gasteiger partial charge in [-0.2, -0.15) is 5.10 Å². The highest BCUT2D eigenvalue weighted by Crippen LogP contribution is 2.07. The van der Waals surface area contributed by atoms with Gasteiger partial charge in [0.1, 0.15) is 0 Å². The maximum atomic E-state index is 11.5. The number of aliphatic hydroxyl groups is 1. The van der Waals surface area contributed by atoms with Crippen LogP contribution in [0.3, 0.4) is 0 Å². The molecule has 0 aliphatic carbocycles. The Hall–Kier alpha value is -1.36. The number of carbonyl (C=O) groups excluding carboxylic acids is 1. The van der Waals surface area contributed by atoms with Crippen molar-refractivity contribution < 1.29 is 9.90 Å². The Morgan fingerprint density at radius 1 is 1.69 bits per heavy atom. The maximum absolute atomic E-state index is 11.5. The molecule has 1 aromatic rings. The van der Waals surface area contributed by atoms with Gasteiger partial charge in [0.25, 0.3) is 0 Å². The lowest BCUT2D eigenvalue weighted by Crippen LogP contribution is -2.35. The zero-order valence-corrected chi connectivity index (χ0v) is 10.0. The summed E-state index contributed by atoms with van der Waals surface area (Å²) in [5, 5.41) is 15.7. The minimum atomic E-state index is -0.178. The number of aliphatic hydroxyl groups excluding tert-OH is 1. The fraction of sp³-hybridized carbons (Fsp3) is 0.636. The molecule has 0 spiro atoms. The van der Waals surface area contributed by atoms with Crippen LogP contribution < -0.4 is 5.32 Å². The molecule has 0 aliphatic rings. The molecule has 0 saturated heterocycles. The smallest absolute Gasteiger partial charge is 0.220 e. The second-order valence-corrected chi connectivity index (χ2v) is 4.06. The first-order chi connectivity index (χ1) is 7.52. The number of aromatic nitrogens is 2. The van der Waals surface area contributed by atoms with Crippen molar-refractivity contribution in [2.24, 2.45) is 7.05 Å². The molecule has 1 heterocycles. The van der Waals surface area contributed by atoms with Gasteiger partial charge < -0.3 is 10.4 Å². The molecule has 5 nitrogen and oxygen atoms in total. The predicted octanol–water partition coefficient (Wildman–Crippen LogP) is 0.158. The first-order valence-electron chi connectivity index (χ1n) is 5.42. The zero-order valence-electron chi connectivity index (χ0n) is 10.0. The van der Waals surface area contributed by atoms with Crippen LogP contribution >= 0.6 is 0 Å². The number of hydrogen-bond acceptors (Lipinski definition) is 3. The van der Waals surface area contributed by atoms with Crippen LogP contribution in [0.1, 0.15) is 24.6 Å². The average molecular weight is 225 g/mol. The molecule has 0 aliphatic heterocycles. The summed E-state index contributed by atoms with van der Waals surface area (Å²) in [4.78, 5) is 11.5. The van der Waals surface area contributed by atoms with Gasteiger partial charge in [-0.15, -0.1) is 0 Å². The highest BCUT2D eigenvalue weighted by atomic mass is 16.3. The van der Waals surface area contributed by atoms with Crippen LogP contribution in [-0.4, -0.2) is 33.4 Å². The van der Waals surface area contributed by atoms with Crippen LogP contribution in [0.4, 0.5) is 0 Å². The largest absolute Gasteiger partial charge is 0.394 e. The Bertz CT molecular complexity index is 360. The van der Waals surface area contributed by atoms with E-state index in [2.05, 4.69) is 10.4 Å². The molecule has 1 aromatic heterocycles. The lowest BCUT2D eigenvalue weighted by molar-refractivity contribution is -0.121. The molecule has 0 saturated carbocycles. The van der Waals surface area contributed by atoms with Gasteiger partial charge in [-0.1, -0.05) is 0 Å². The molecule has 90 valence electrons. The van der Waals surface area contributed by atoms with Crippen molar-refractivity contribution >= 4 is 5.91 Å². The molecule has 1 atom stereocenters. The van der Waals surface area contributed by atoms with E-state index in [4.69, 9.17) is 5.11 Å². The Morgan fingerprint density at radius 2 is 2.38 bits per heavy atom. The van der Waals surface area contributed by atoms with Crippen molar-refractivity contribution in [3.05, 3.63) is 17.5 Å². The molecular weight excluding hydrogens is 206 g/mol. The van der Waals surface area contributed by atoms with Gasteiger partial charge in [0.15, 0.2) is 0 Å². The van der Waals surface area contributed by atoms with E-state index in [1.165, 1.54) is 0 Å². The van der Waals surface area contributed by atoms with Crippen molar-refractivity contribution in [2.45, 2.75) is 32.7 Å². The van der Waals surface area contributed by atoms with Gasteiger partial charge in [0.05, 0.1) is 12.3 Å². The minimum Gasteiger partial charge on any atom is -0.394 e. The second-order valence-electron chi connectivity index (χ2n) is 4.06. The van der Waals surface area contributed by atoms with Crippen LogP contribution in [-0.2, 0) is 18.3 Å². The Kier molecular flexibility index (Phi) is 4.49. The topological polar surface area (TPSA) is 67.2 Å². The molecular formula is C11H19N3O2. The van der Waals surface area contributed by atoms with E-state index in [0.29, 0.717) is 12.8 Å². The third kappa shape index (κ3) is 3.66. The molecule has 5 heteroatoms. The maximum Gasteiger partial charge on any atom is 0.220 e. The normalized spacial score (nSPS) is 12.5. The first-order valence-corrected chi connectivity index (χ1v) is 5.42. The van der Waals surface area contributed by atoms with E-state index in [-0.39, 0.29) is 18.6 Å². The Morgan fingerprint density at radius 3 is 2.88 bits per heavy atom. The van der Waals surface area contributed by atoms with Crippen LogP contribution in [0, 0.1) is 6.92 Å². The van der Waals surface area contributed by atoms with Gasteiger partial charge in [0.2, 0.25) is 5.91 Å². The second kappa shape index (κ2) is 5.65. The summed E-state index contributed by atoms with van der Waals surface area (Å²) in [5.74, 6) is -0.0372. The van der Waals surface area contributed by atoms with Crippen molar-refractivity contribution in [1.82, 2.24) is 15.1 Å². The molecule has 0 bridgehead atoms. The van der Waals surface area contributed by atoms with Crippen LogP contribution in [0.15, 0.2) is 6.20 Å². The van der Waals surface area contributed by atoms with Crippen LogP contribution in [0.25, 0.3) is 0 Å². The number of hydrogen-bond donors (Lipinski definition) is 2. The minimum absolute atomic E-state index is 0.0301. The van der Waals surface area contributed by atoms with Crippen molar-refractivity contribution in [2.75, 3.05) is 6.61 Å². The predicted molar refractivity (Wildman–Crippen MR) is 61.0 cm³/mol. The zero-order chi connectivity index (χ0) is 12.1. The number of amides is 1. The number of carbonyl (C=O) groups is 1. The monoisotopic (exact) mass is 225 g/mol. The molecule has 0 fully saturated rings. The first kappa shape index (κ1) is 12.7. The van der Waals surface area contributed by atoms with Crippen LogP contribution in [0.2, 0.25) is 0 Å². The molecule has 0 aromatic carbocycles. The van der Waals surface area contributed by atoms with Gasteiger partial charge in [0, 0.05) is 25.7 Å². The fourth-order valence-corrected chi connectivity index (χ4v) is 1.53. The van der Waals surface area contributed by atoms with E-state index in [1.54, 1.807) is 11.6 Å². The van der Waals surface area contributed by atoms with Crippen molar-refractivity contribution in [1.29, 1.82) is 0 Å². The molecule has 1 rings (SSSR count). The summed E-state index contributed by atoms with van der Waals surface area (Å²) in [6.45, 7) is 3.68. The van der Waals surface area contributed by atoms with E-state index in [0.717, 1.165) is 11.3 Å². The highest BCUT2D eigenvalue weighted by molar-refractivity contribution is 5.76. The molecule has 2 N–H and O–H groups in total. The standard InChI is InChI=1S/C11H19N3O2/c1-8(7-15)12-11(16)5-4-10-6-14(3)13-9(10)2/h6,8,15H,4-5,7H2,1-3H3,(H,12,16). The number of rotatable bonds is 5. The van der Waals surface area contributed by atoms with Gasteiger partial charge in [-0.25, -0.2) is 0 Å². The van der Waals surface area contributed by atoms with Gasteiger partial charge in [-0.05, 0) is 25.8 Å². The summed E-state index contributed by atoms with van der Waals surface area (Å²) in [7, 11) is 1.87. The third-order valence-electron chi connectivity index (χ3n) is 2.42. The number of nitrogens with one attached hydrogen (secondary N) is 1. The summed E-state index contributed by atoms with van der Waals surface area (Å²) in [5.41, 5.74) is 2.06. The van der Waals surface area contributed by atoms with E-state index < -0.39 is 0 Å².